The third kappa shape index (κ3) is 6.91. The SMILES string of the molecule is O=C(CCCCCCCc1ccccc1)CN1C(=O)CC1S(=O)Cc1ccccc1. The molecular formula is C25H31NO3S. The average Bonchev–Trinajstić information content (AvgIpc) is 2.76. The zero-order chi connectivity index (χ0) is 21.2. The smallest absolute Gasteiger partial charge is 0.227 e. The fourth-order valence-corrected chi connectivity index (χ4v) is 5.30. The fraction of sp³-hybridized carbons (Fsp3) is 0.440. The number of aryl methyl sites for hydroxylation is 1. The Balaban J connectivity index is 1.29. The first kappa shape index (κ1) is 22.4. The number of carbonyl (C=O) groups excluding carboxylic acids is 2. The van der Waals surface area contributed by atoms with E-state index in [0.29, 0.717) is 12.2 Å². The first-order chi connectivity index (χ1) is 14.6. The third-order valence-electron chi connectivity index (χ3n) is 5.58. The molecule has 2 atom stereocenters. The second-order valence-electron chi connectivity index (χ2n) is 7.98. The van der Waals surface area contributed by atoms with Crippen LogP contribution in [-0.2, 0) is 32.6 Å². The maximum atomic E-state index is 12.6. The number of β-lactam (4-membered cyclic amide) rings is 1. The van der Waals surface area contributed by atoms with Gasteiger partial charge < -0.3 is 4.90 Å². The Hall–Kier alpha value is -2.27. The lowest BCUT2D eigenvalue weighted by Gasteiger charge is -2.39. The predicted molar refractivity (Wildman–Crippen MR) is 121 cm³/mol. The summed E-state index contributed by atoms with van der Waals surface area (Å²) in [5.74, 6) is 0.441. The number of nitrogens with zero attached hydrogens (tertiary/aromatic N) is 1. The van der Waals surface area contributed by atoms with Crippen LogP contribution in [0.25, 0.3) is 0 Å². The number of benzene rings is 2. The molecule has 1 heterocycles. The highest BCUT2D eigenvalue weighted by atomic mass is 32.2. The zero-order valence-corrected chi connectivity index (χ0v) is 18.3. The summed E-state index contributed by atoms with van der Waals surface area (Å²) in [4.78, 5) is 25.8. The van der Waals surface area contributed by atoms with Crippen LogP contribution in [-0.4, -0.2) is 32.7 Å². The van der Waals surface area contributed by atoms with Crippen LogP contribution in [0.4, 0.5) is 0 Å². The van der Waals surface area contributed by atoms with E-state index in [0.717, 1.165) is 31.2 Å². The van der Waals surface area contributed by atoms with Crippen molar-refractivity contribution >= 4 is 22.5 Å². The maximum Gasteiger partial charge on any atom is 0.227 e. The van der Waals surface area contributed by atoms with Crippen LogP contribution in [0.2, 0.25) is 0 Å². The van der Waals surface area contributed by atoms with Gasteiger partial charge in [0.05, 0.1) is 18.7 Å². The summed E-state index contributed by atoms with van der Waals surface area (Å²) in [7, 11) is -1.17. The second kappa shape index (κ2) is 11.8. The number of likely N-dealkylation sites (tertiary alicyclic amines) is 1. The van der Waals surface area contributed by atoms with E-state index in [2.05, 4.69) is 24.3 Å². The van der Waals surface area contributed by atoms with Crippen molar-refractivity contribution < 1.29 is 13.8 Å². The molecule has 0 spiro atoms. The van der Waals surface area contributed by atoms with Gasteiger partial charge in [0.1, 0.15) is 5.37 Å². The number of unbranched alkanes of at least 4 members (excludes halogenated alkanes) is 4. The van der Waals surface area contributed by atoms with E-state index in [-0.39, 0.29) is 30.0 Å². The minimum Gasteiger partial charge on any atom is -0.320 e. The zero-order valence-electron chi connectivity index (χ0n) is 17.5. The Morgan fingerprint density at radius 2 is 1.47 bits per heavy atom. The lowest BCUT2D eigenvalue weighted by Crippen LogP contribution is -2.56. The second-order valence-corrected chi connectivity index (χ2v) is 9.58. The lowest BCUT2D eigenvalue weighted by molar-refractivity contribution is -0.145. The molecule has 3 rings (SSSR count). The van der Waals surface area contributed by atoms with E-state index < -0.39 is 10.8 Å². The minimum absolute atomic E-state index is 0.0596. The quantitative estimate of drug-likeness (QED) is 0.347. The summed E-state index contributed by atoms with van der Waals surface area (Å²) >= 11 is 0. The lowest BCUT2D eigenvalue weighted by atomic mass is 10.0. The molecule has 5 heteroatoms. The molecule has 0 saturated carbocycles. The highest BCUT2D eigenvalue weighted by Crippen LogP contribution is 2.24. The van der Waals surface area contributed by atoms with Gasteiger partial charge >= 0.3 is 0 Å². The highest BCUT2D eigenvalue weighted by molar-refractivity contribution is 7.85. The number of rotatable bonds is 13. The molecule has 0 aliphatic carbocycles. The van der Waals surface area contributed by atoms with Crippen LogP contribution in [0.1, 0.15) is 56.1 Å². The van der Waals surface area contributed by atoms with Crippen LogP contribution in [0, 0.1) is 0 Å². The number of carbonyl (C=O) groups is 2. The van der Waals surface area contributed by atoms with Gasteiger partial charge in [0.25, 0.3) is 0 Å². The molecule has 2 unspecified atom stereocenters. The van der Waals surface area contributed by atoms with Crippen molar-refractivity contribution in [3.8, 4) is 0 Å². The Morgan fingerprint density at radius 1 is 0.867 bits per heavy atom. The highest BCUT2D eigenvalue weighted by Gasteiger charge is 2.40. The van der Waals surface area contributed by atoms with E-state index in [1.807, 2.05) is 36.4 Å². The summed E-state index contributed by atoms with van der Waals surface area (Å²) in [6.07, 6.45) is 7.28. The van der Waals surface area contributed by atoms with Crippen LogP contribution in [0.3, 0.4) is 0 Å². The van der Waals surface area contributed by atoms with Gasteiger partial charge in [0, 0.05) is 17.2 Å². The molecule has 1 fully saturated rings. The number of Topliss-reactive ketones (excluding diaryl/α,β-unsaturated/α-hetero) is 1. The molecule has 160 valence electrons. The van der Waals surface area contributed by atoms with Gasteiger partial charge in [0.15, 0.2) is 5.78 Å². The van der Waals surface area contributed by atoms with Gasteiger partial charge in [-0.15, -0.1) is 0 Å². The standard InChI is InChI=1S/C25H31NO3S/c27-23(17-11-3-1-2-6-12-21-13-7-4-8-14-21)19-26-24(28)18-25(26)30(29)20-22-15-9-5-10-16-22/h4-5,7-10,13-16,25H,1-3,6,11-12,17-20H2. The van der Waals surface area contributed by atoms with Crippen molar-refractivity contribution in [3.05, 3.63) is 71.8 Å². The van der Waals surface area contributed by atoms with E-state index in [1.165, 1.54) is 23.3 Å². The van der Waals surface area contributed by atoms with Gasteiger partial charge in [-0.1, -0.05) is 79.9 Å². The van der Waals surface area contributed by atoms with Crippen molar-refractivity contribution in [1.29, 1.82) is 0 Å². The first-order valence-electron chi connectivity index (χ1n) is 10.9. The van der Waals surface area contributed by atoms with Crippen LogP contribution < -0.4 is 0 Å². The Bertz CT molecular complexity index is 838. The van der Waals surface area contributed by atoms with Crippen molar-refractivity contribution in [1.82, 2.24) is 4.90 Å². The number of hydrogen-bond donors (Lipinski definition) is 0. The van der Waals surface area contributed by atoms with E-state index in [9.17, 15) is 13.8 Å². The van der Waals surface area contributed by atoms with Crippen molar-refractivity contribution in [2.24, 2.45) is 0 Å². The summed E-state index contributed by atoms with van der Waals surface area (Å²) in [5, 5.41) is -0.320. The van der Waals surface area contributed by atoms with Crippen molar-refractivity contribution in [2.45, 2.75) is 62.5 Å². The van der Waals surface area contributed by atoms with Gasteiger partial charge in [-0.25, -0.2) is 0 Å². The molecule has 4 nitrogen and oxygen atoms in total. The molecule has 1 aliphatic heterocycles. The third-order valence-corrected chi connectivity index (χ3v) is 7.23. The molecule has 1 saturated heterocycles. The summed E-state index contributed by atoms with van der Waals surface area (Å²) < 4.78 is 12.6. The van der Waals surface area contributed by atoms with Crippen LogP contribution in [0.5, 0.6) is 0 Å². The summed E-state index contributed by atoms with van der Waals surface area (Å²) in [5.41, 5.74) is 2.37. The van der Waals surface area contributed by atoms with E-state index in [4.69, 9.17) is 0 Å². The first-order valence-corrected chi connectivity index (χ1v) is 12.3. The Labute approximate surface area is 182 Å². The van der Waals surface area contributed by atoms with Crippen LogP contribution >= 0.6 is 0 Å². The topological polar surface area (TPSA) is 54.5 Å². The Kier molecular flexibility index (Phi) is 8.81. The van der Waals surface area contributed by atoms with Gasteiger partial charge in [-0.2, -0.15) is 0 Å². The molecular weight excluding hydrogens is 394 g/mol. The maximum absolute atomic E-state index is 12.6. The molecule has 1 aliphatic rings. The van der Waals surface area contributed by atoms with Crippen molar-refractivity contribution in [2.75, 3.05) is 6.54 Å². The van der Waals surface area contributed by atoms with Crippen molar-refractivity contribution in [3.63, 3.8) is 0 Å². The minimum atomic E-state index is -1.17. The molecule has 0 aromatic heterocycles. The van der Waals surface area contributed by atoms with E-state index in [1.54, 1.807) is 0 Å². The molecule has 1 amide bonds. The fourth-order valence-electron chi connectivity index (χ4n) is 3.78. The molecule has 30 heavy (non-hydrogen) atoms. The average molecular weight is 426 g/mol. The Morgan fingerprint density at radius 3 is 2.13 bits per heavy atom. The molecule has 0 bridgehead atoms. The van der Waals surface area contributed by atoms with Gasteiger partial charge in [-0.3, -0.25) is 13.8 Å². The van der Waals surface area contributed by atoms with Gasteiger partial charge in [0.2, 0.25) is 5.91 Å². The monoisotopic (exact) mass is 425 g/mol. The summed E-state index contributed by atoms with van der Waals surface area (Å²) in [6.45, 7) is 0.109. The molecule has 2 aromatic rings. The number of amides is 1. The molecule has 2 aromatic carbocycles. The predicted octanol–water partition coefficient (Wildman–Crippen LogP) is 4.65. The molecule has 0 N–H and O–H groups in total. The normalized spacial score (nSPS) is 16.9. The van der Waals surface area contributed by atoms with Crippen LogP contribution in [0.15, 0.2) is 60.7 Å². The van der Waals surface area contributed by atoms with E-state index >= 15 is 0 Å². The van der Waals surface area contributed by atoms with Gasteiger partial charge in [-0.05, 0) is 30.4 Å². The molecule has 0 radical (unpaired) electrons. The number of ketones is 1. The summed E-state index contributed by atoms with van der Waals surface area (Å²) in [6, 6.07) is 20.2. The number of hydrogen-bond acceptors (Lipinski definition) is 3. The largest absolute Gasteiger partial charge is 0.320 e.